The molecule has 3 nitrogen and oxygen atoms in total. The van der Waals surface area contributed by atoms with E-state index in [2.05, 4.69) is 36.8 Å². The van der Waals surface area contributed by atoms with Crippen LogP contribution in [0.15, 0.2) is 30.3 Å². The SMILES string of the molecule is Cc1nc(Cl)cc(Oc2ccccc2C(C)(C)C)n1. The molecule has 0 aliphatic rings. The summed E-state index contributed by atoms with van der Waals surface area (Å²) >= 11 is 5.91. The fourth-order valence-corrected chi connectivity index (χ4v) is 2.06. The van der Waals surface area contributed by atoms with Gasteiger partial charge in [0.25, 0.3) is 0 Å². The first-order chi connectivity index (χ1) is 8.86. The summed E-state index contributed by atoms with van der Waals surface area (Å²) in [5, 5.41) is 0.385. The summed E-state index contributed by atoms with van der Waals surface area (Å²) in [5.41, 5.74) is 1.13. The number of para-hydroxylation sites is 1. The van der Waals surface area contributed by atoms with Crippen molar-refractivity contribution >= 4 is 11.6 Å². The van der Waals surface area contributed by atoms with Gasteiger partial charge in [-0.3, -0.25) is 0 Å². The molecule has 1 aromatic heterocycles. The van der Waals surface area contributed by atoms with Gasteiger partial charge in [0.15, 0.2) is 0 Å². The van der Waals surface area contributed by atoms with Crippen molar-refractivity contribution in [1.82, 2.24) is 9.97 Å². The van der Waals surface area contributed by atoms with Crippen LogP contribution in [0.1, 0.15) is 32.2 Å². The predicted molar refractivity (Wildman–Crippen MR) is 77.0 cm³/mol. The standard InChI is InChI=1S/C15H17ClN2O/c1-10-17-13(16)9-14(18-10)19-12-8-6-5-7-11(12)15(2,3)4/h5-9H,1-4H3. The summed E-state index contributed by atoms with van der Waals surface area (Å²) in [6.07, 6.45) is 0. The monoisotopic (exact) mass is 276 g/mol. The van der Waals surface area contributed by atoms with Gasteiger partial charge in [-0.2, -0.15) is 4.98 Å². The van der Waals surface area contributed by atoms with Crippen LogP contribution in [0.2, 0.25) is 5.15 Å². The zero-order valence-corrected chi connectivity index (χ0v) is 12.3. The first-order valence-corrected chi connectivity index (χ1v) is 6.52. The van der Waals surface area contributed by atoms with Gasteiger partial charge in [-0.1, -0.05) is 50.6 Å². The molecular formula is C15H17ClN2O. The molecule has 0 N–H and O–H groups in total. The predicted octanol–water partition coefficient (Wildman–Crippen LogP) is 4.53. The molecule has 0 aliphatic carbocycles. The molecule has 0 bridgehead atoms. The largest absolute Gasteiger partial charge is 0.439 e. The van der Waals surface area contributed by atoms with E-state index in [1.54, 1.807) is 13.0 Å². The normalized spacial score (nSPS) is 11.4. The third-order valence-corrected chi connectivity index (χ3v) is 2.89. The molecule has 19 heavy (non-hydrogen) atoms. The average Bonchev–Trinajstić information content (AvgIpc) is 2.26. The Bertz CT molecular complexity index is 571. The second kappa shape index (κ2) is 5.17. The van der Waals surface area contributed by atoms with Crippen molar-refractivity contribution in [2.75, 3.05) is 0 Å². The summed E-state index contributed by atoms with van der Waals surface area (Å²) in [7, 11) is 0. The fraction of sp³-hybridized carbons (Fsp3) is 0.333. The molecule has 100 valence electrons. The topological polar surface area (TPSA) is 35.0 Å². The lowest BCUT2D eigenvalue weighted by atomic mass is 9.86. The number of ether oxygens (including phenoxy) is 1. The quantitative estimate of drug-likeness (QED) is 0.756. The molecule has 0 saturated heterocycles. The van der Waals surface area contributed by atoms with Crippen molar-refractivity contribution in [2.24, 2.45) is 0 Å². The van der Waals surface area contributed by atoms with E-state index >= 15 is 0 Å². The summed E-state index contributed by atoms with van der Waals surface area (Å²) in [4.78, 5) is 8.26. The molecule has 0 unspecified atom stereocenters. The highest BCUT2D eigenvalue weighted by Gasteiger charge is 2.19. The Balaban J connectivity index is 2.38. The molecule has 0 spiro atoms. The van der Waals surface area contributed by atoms with Crippen LogP contribution >= 0.6 is 11.6 Å². The lowest BCUT2D eigenvalue weighted by Crippen LogP contribution is -2.12. The summed E-state index contributed by atoms with van der Waals surface area (Å²) < 4.78 is 5.86. The first kappa shape index (κ1) is 13.8. The van der Waals surface area contributed by atoms with E-state index < -0.39 is 0 Å². The third-order valence-electron chi connectivity index (χ3n) is 2.69. The van der Waals surface area contributed by atoms with Crippen molar-refractivity contribution in [1.29, 1.82) is 0 Å². The number of halogens is 1. The maximum atomic E-state index is 5.91. The van der Waals surface area contributed by atoms with Crippen molar-refractivity contribution in [3.8, 4) is 11.6 Å². The Morgan fingerprint density at radius 2 is 1.79 bits per heavy atom. The number of hydrogen-bond donors (Lipinski definition) is 0. The van der Waals surface area contributed by atoms with Crippen LogP contribution in [0.4, 0.5) is 0 Å². The zero-order chi connectivity index (χ0) is 14.0. The Labute approximate surface area is 118 Å². The van der Waals surface area contributed by atoms with Crippen molar-refractivity contribution in [3.05, 3.63) is 46.9 Å². The molecule has 0 atom stereocenters. The minimum Gasteiger partial charge on any atom is -0.439 e. The Morgan fingerprint density at radius 3 is 2.42 bits per heavy atom. The van der Waals surface area contributed by atoms with Gasteiger partial charge in [-0.15, -0.1) is 0 Å². The van der Waals surface area contributed by atoms with E-state index in [4.69, 9.17) is 16.3 Å². The molecule has 0 saturated carbocycles. The van der Waals surface area contributed by atoms with E-state index in [0.29, 0.717) is 16.9 Å². The summed E-state index contributed by atoms with van der Waals surface area (Å²) in [5.74, 6) is 1.86. The van der Waals surface area contributed by atoms with E-state index in [1.807, 2.05) is 18.2 Å². The lowest BCUT2D eigenvalue weighted by molar-refractivity contribution is 0.437. The zero-order valence-electron chi connectivity index (χ0n) is 11.6. The van der Waals surface area contributed by atoms with Crippen LogP contribution in [0, 0.1) is 6.92 Å². The van der Waals surface area contributed by atoms with Gasteiger partial charge in [0.05, 0.1) is 0 Å². The van der Waals surface area contributed by atoms with Gasteiger partial charge in [-0.25, -0.2) is 4.98 Å². The van der Waals surface area contributed by atoms with Gasteiger partial charge in [0.2, 0.25) is 5.88 Å². The molecular weight excluding hydrogens is 260 g/mol. The number of aryl methyl sites for hydroxylation is 1. The highest BCUT2D eigenvalue weighted by Crippen LogP contribution is 2.33. The van der Waals surface area contributed by atoms with Crippen LogP contribution in [0.25, 0.3) is 0 Å². The average molecular weight is 277 g/mol. The van der Waals surface area contributed by atoms with Crippen molar-refractivity contribution in [3.63, 3.8) is 0 Å². The Kier molecular flexibility index (Phi) is 3.76. The highest BCUT2D eigenvalue weighted by molar-refractivity contribution is 6.29. The maximum absolute atomic E-state index is 5.91. The second-order valence-electron chi connectivity index (χ2n) is 5.42. The van der Waals surface area contributed by atoms with Crippen LogP contribution in [0.5, 0.6) is 11.6 Å². The minimum atomic E-state index is 0.00244. The molecule has 2 aromatic rings. The summed E-state index contributed by atoms with van der Waals surface area (Å²) in [6, 6.07) is 9.57. The van der Waals surface area contributed by atoms with E-state index in [9.17, 15) is 0 Å². The lowest BCUT2D eigenvalue weighted by Gasteiger charge is -2.22. The van der Waals surface area contributed by atoms with Crippen LogP contribution < -0.4 is 4.74 Å². The Hall–Kier alpha value is -1.61. The van der Waals surface area contributed by atoms with Gasteiger partial charge in [0, 0.05) is 11.6 Å². The highest BCUT2D eigenvalue weighted by atomic mass is 35.5. The molecule has 1 heterocycles. The molecule has 0 amide bonds. The number of nitrogens with zero attached hydrogens (tertiary/aromatic N) is 2. The molecule has 0 radical (unpaired) electrons. The first-order valence-electron chi connectivity index (χ1n) is 6.15. The number of rotatable bonds is 2. The van der Waals surface area contributed by atoms with E-state index in [-0.39, 0.29) is 5.41 Å². The van der Waals surface area contributed by atoms with Crippen LogP contribution in [0.3, 0.4) is 0 Å². The Morgan fingerprint density at radius 1 is 1.11 bits per heavy atom. The van der Waals surface area contributed by atoms with Crippen molar-refractivity contribution < 1.29 is 4.74 Å². The minimum absolute atomic E-state index is 0.00244. The number of aromatic nitrogens is 2. The summed E-state index contributed by atoms with van der Waals surface area (Å²) in [6.45, 7) is 8.22. The van der Waals surface area contributed by atoms with Crippen LogP contribution in [-0.2, 0) is 5.41 Å². The third kappa shape index (κ3) is 3.44. The molecule has 0 aliphatic heterocycles. The fourth-order valence-electron chi connectivity index (χ4n) is 1.85. The van der Waals surface area contributed by atoms with Gasteiger partial charge >= 0.3 is 0 Å². The molecule has 2 rings (SSSR count). The second-order valence-corrected chi connectivity index (χ2v) is 5.81. The molecule has 0 fully saturated rings. The van der Waals surface area contributed by atoms with E-state index in [1.165, 1.54) is 0 Å². The van der Waals surface area contributed by atoms with Crippen molar-refractivity contribution in [2.45, 2.75) is 33.1 Å². The van der Waals surface area contributed by atoms with E-state index in [0.717, 1.165) is 11.3 Å². The maximum Gasteiger partial charge on any atom is 0.224 e. The smallest absolute Gasteiger partial charge is 0.224 e. The molecule has 4 heteroatoms. The van der Waals surface area contributed by atoms with Gasteiger partial charge < -0.3 is 4.74 Å². The number of hydrogen-bond acceptors (Lipinski definition) is 3. The van der Waals surface area contributed by atoms with Crippen LogP contribution in [-0.4, -0.2) is 9.97 Å². The number of benzene rings is 1. The molecule has 1 aromatic carbocycles. The van der Waals surface area contributed by atoms with Gasteiger partial charge in [-0.05, 0) is 18.4 Å². The van der Waals surface area contributed by atoms with Gasteiger partial charge in [0.1, 0.15) is 16.7 Å².